The fourth-order valence-electron chi connectivity index (χ4n) is 2.10. The predicted octanol–water partition coefficient (Wildman–Crippen LogP) is -0.376. The van der Waals surface area contributed by atoms with Crippen LogP contribution in [0.15, 0.2) is 0 Å². The predicted molar refractivity (Wildman–Crippen MR) is 59.0 cm³/mol. The molecule has 2 fully saturated rings. The highest BCUT2D eigenvalue weighted by atomic mass is 16.6. The van der Waals surface area contributed by atoms with E-state index < -0.39 is 12.1 Å². The minimum atomic E-state index is -0.864. The van der Waals surface area contributed by atoms with Crippen molar-refractivity contribution in [2.45, 2.75) is 31.2 Å². The first kappa shape index (κ1) is 12.8. The van der Waals surface area contributed by atoms with Gasteiger partial charge in [0.25, 0.3) is 0 Å². The summed E-state index contributed by atoms with van der Waals surface area (Å²) in [4.78, 5) is 10.7. The van der Waals surface area contributed by atoms with Gasteiger partial charge in [0.05, 0.1) is 32.0 Å². The largest absolute Gasteiger partial charge is 0.479 e. The van der Waals surface area contributed by atoms with Crippen molar-refractivity contribution in [3.05, 3.63) is 0 Å². The molecule has 0 aliphatic carbocycles. The zero-order valence-electron chi connectivity index (χ0n) is 9.76. The molecule has 0 bridgehead atoms. The van der Waals surface area contributed by atoms with E-state index in [2.05, 4.69) is 5.32 Å². The minimum Gasteiger partial charge on any atom is -0.479 e. The summed E-state index contributed by atoms with van der Waals surface area (Å²) in [5, 5.41) is 12.0. The summed E-state index contributed by atoms with van der Waals surface area (Å²) in [6, 6.07) is 0. The lowest BCUT2D eigenvalue weighted by Gasteiger charge is -2.23. The van der Waals surface area contributed by atoms with E-state index in [0.29, 0.717) is 32.8 Å². The van der Waals surface area contributed by atoms with E-state index >= 15 is 0 Å². The van der Waals surface area contributed by atoms with Crippen molar-refractivity contribution in [1.29, 1.82) is 0 Å². The number of hydrogen-bond acceptors (Lipinski definition) is 5. The van der Waals surface area contributed by atoms with Crippen LogP contribution in [-0.4, -0.2) is 62.3 Å². The SMILES string of the molecule is O=C(O)C1CCC(CNCC2COCCO2)O1. The third-order valence-electron chi connectivity index (χ3n) is 3.01. The molecule has 2 N–H and O–H groups in total. The number of ether oxygens (including phenoxy) is 3. The van der Waals surface area contributed by atoms with E-state index in [-0.39, 0.29) is 12.2 Å². The lowest BCUT2D eigenvalue weighted by Crippen LogP contribution is -2.40. The van der Waals surface area contributed by atoms with Crippen LogP contribution in [0, 0.1) is 0 Å². The van der Waals surface area contributed by atoms with E-state index in [1.165, 1.54) is 0 Å². The number of rotatable bonds is 5. The summed E-state index contributed by atoms with van der Waals surface area (Å²) in [7, 11) is 0. The van der Waals surface area contributed by atoms with E-state index in [0.717, 1.165) is 13.0 Å². The Morgan fingerprint density at radius 3 is 2.71 bits per heavy atom. The topological polar surface area (TPSA) is 77.0 Å². The molecule has 0 amide bonds. The van der Waals surface area contributed by atoms with Crippen LogP contribution in [0.5, 0.6) is 0 Å². The van der Waals surface area contributed by atoms with Crippen LogP contribution >= 0.6 is 0 Å². The second-order valence-electron chi connectivity index (χ2n) is 4.39. The second-order valence-corrected chi connectivity index (χ2v) is 4.39. The molecular weight excluding hydrogens is 226 g/mol. The first-order valence-electron chi connectivity index (χ1n) is 6.04. The van der Waals surface area contributed by atoms with Crippen molar-refractivity contribution in [3.8, 4) is 0 Å². The van der Waals surface area contributed by atoms with Gasteiger partial charge in [-0.25, -0.2) is 4.79 Å². The van der Waals surface area contributed by atoms with Crippen LogP contribution in [0.4, 0.5) is 0 Å². The summed E-state index contributed by atoms with van der Waals surface area (Å²) >= 11 is 0. The lowest BCUT2D eigenvalue weighted by molar-refractivity contribution is -0.149. The Balaban J connectivity index is 1.58. The standard InChI is InChI=1S/C11H19NO5/c13-11(14)10-2-1-8(17-10)5-12-6-9-7-15-3-4-16-9/h8-10,12H,1-7H2,(H,13,14). The van der Waals surface area contributed by atoms with Crippen LogP contribution in [0.25, 0.3) is 0 Å². The molecule has 17 heavy (non-hydrogen) atoms. The Morgan fingerprint density at radius 2 is 2.06 bits per heavy atom. The van der Waals surface area contributed by atoms with Gasteiger partial charge in [-0.2, -0.15) is 0 Å². The van der Waals surface area contributed by atoms with Gasteiger partial charge in [-0.05, 0) is 12.8 Å². The smallest absolute Gasteiger partial charge is 0.332 e. The third kappa shape index (κ3) is 3.92. The molecule has 2 saturated heterocycles. The average Bonchev–Trinajstić information content (AvgIpc) is 2.79. The van der Waals surface area contributed by atoms with Crippen LogP contribution in [0.3, 0.4) is 0 Å². The van der Waals surface area contributed by atoms with Crippen molar-refractivity contribution in [1.82, 2.24) is 5.32 Å². The van der Waals surface area contributed by atoms with Crippen molar-refractivity contribution < 1.29 is 24.1 Å². The Kier molecular flexibility index (Phi) is 4.73. The molecule has 0 radical (unpaired) electrons. The number of carboxylic acids is 1. The van der Waals surface area contributed by atoms with Crippen molar-refractivity contribution in [3.63, 3.8) is 0 Å². The maximum absolute atomic E-state index is 10.7. The fraction of sp³-hybridized carbons (Fsp3) is 0.909. The van der Waals surface area contributed by atoms with Gasteiger partial charge in [0.15, 0.2) is 6.10 Å². The van der Waals surface area contributed by atoms with Crippen molar-refractivity contribution >= 4 is 5.97 Å². The Labute approximate surface area is 100 Å². The van der Waals surface area contributed by atoms with Gasteiger partial charge in [0, 0.05) is 13.1 Å². The number of hydrogen-bond donors (Lipinski definition) is 2. The molecule has 3 unspecified atom stereocenters. The second kappa shape index (κ2) is 6.30. The molecule has 2 rings (SSSR count). The molecule has 98 valence electrons. The van der Waals surface area contributed by atoms with Crippen molar-refractivity contribution in [2.24, 2.45) is 0 Å². The van der Waals surface area contributed by atoms with Crippen LogP contribution in [0.1, 0.15) is 12.8 Å². The minimum absolute atomic E-state index is 0.000564. The highest BCUT2D eigenvalue weighted by Gasteiger charge is 2.30. The monoisotopic (exact) mass is 245 g/mol. The highest BCUT2D eigenvalue weighted by molar-refractivity contribution is 5.72. The fourth-order valence-corrected chi connectivity index (χ4v) is 2.10. The van der Waals surface area contributed by atoms with Crippen LogP contribution in [-0.2, 0) is 19.0 Å². The van der Waals surface area contributed by atoms with Crippen molar-refractivity contribution in [2.75, 3.05) is 32.9 Å². The van der Waals surface area contributed by atoms with Gasteiger partial charge in [0.2, 0.25) is 0 Å². The maximum atomic E-state index is 10.7. The van der Waals surface area contributed by atoms with Crippen LogP contribution in [0.2, 0.25) is 0 Å². The van der Waals surface area contributed by atoms with Gasteiger partial charge < -0.3 is 24.6 Å². The molecule has 3 atom stereocenters. The zero-order valence-corrected chi connectivity index (χ0v) is 9.76. The molecule has 0 aromatic heterocycles. The molecule has 0 spiro atoms. The van der Waals surface area contributed by atoms with E-state index in [1.807, 2.05) is 0 Å². The molecule has 2 aliphatic rings. The summed E-state index contributed by atoms with van der Waals surface area (Å²) in [6.45, 7) is 3.33. The quantitative estimate of drug-likeness (QED) is 0.688. The van der Waals surface area contributed by atoms with E-state index in [9.17, 15) is 4.79 Å². The number of carbonyl (C=O) groups is 1. The Bertz CT molecular complexity index is 254. The first-order chi connectivity index (χ1) is 8.25. The van der Waals surface area contributed by atoms with Gasteiger partial charge in [-0.3, -0.25) is 0 Å². The van der Waals surface area contributed by atoms with Gasteiger partial charge in [0.1, 0.15) is 0 Å². The zero-order chi connectivity index (χ0) is 12.1. The summed E-state index contributed by atoms with van der Waals surface area (Å²) < 4.78 is 16.1. The summed E-state index contributed by atoms with van der Waals surface area (Å²) in [5.41, 5.74) is 0. The lowest BCUT2D eigenvalue weighted by atomic mass is 10.2. The Hall–Kier alpha value is -0.690. The van der Waals surface area contributed by atoms with Gasteiger partial charge in [-0.15, -0.1) is 0 Å². The first-order valence-corrected chi connectivity index (χ1v) is 6.04. The number of aliphatic carboxylic acids is 1. The molecule has 6 nitrogen and oxygen atoms in total. The average molecular weight is 245 g/mol. The number of nitrogens with one attached hydrogen (secondary N) is 1. The number of carboxylic acid groups (broad SMARTS) is 1. The molecule has 0 aromatic rings. The molecule has 0 saturated carbocycles. The molecule has 2 aliphatic heterocycles. The highest BCUT2D eigenvalue weighted by Crippen LogP contribution is 2.19. The normalized spacial score (nSPS) is 33.8. The molecule has 0 aromatic carbocycles. The van der Waals surface area contributed by atoms with Gasteiger partial charge >= 0.3 is 5.97 Å². The molecule has 2 heterocycles. The van der Waals surface area contributed by atoms with Crippen LogP contribution < -0.4 is 5.32 Å². The van der Waals surface area contributed by atoms with E-state index in [4.69, 9.17) is 19.3 Å². The third-order valence-corrected chi connectivity index (χ3v) is 3.01. The van der Waals surface area contributed by atoms with Gasteiger partial charge in [-0.1, -0.05) is 0 Å². The summed E-state index contributed by atoms with van der Waals surface area (Å²) in [6.07, 6.45) is 0.869. The maximum Gasteiger partial charge on any atom is 0.332 e. The Morgan fingerprint density at radius 1 is 1.24 bits per heavy atom. The molecule has 6 heteroatoms. The van der Waals surface area contributed by atoms with E-state index in [1.54, 1.807) is 0 Å². The molecular formula is C11H19NO5. The summed E-state index contributed by atoms with van der Waals surface area (Å²) in [5.74, 6) is -0.864.